The van der Waals surface area contributed by atoms with Gasteiger partial charge in [0, 0.05) is 18.2 Å². The summed E-state index contributed by atoms with van der Waals surface area (Å²) in [6.07, 6.45) is 1.14. The average Bonchev–Trinajstić information content (AvgIpc) is 3.17. The molecule has 0 radical (unpaired) electrons. The summed E-state index contributed by atoms with van der Waals surface area (Å²) in [4.78, 5) is 24.7. The molecule has 1 saturated heterocycles. The van der Waals surface area contributed by atoms with Crippen LogP contribution in [-0.4, -0.2) is 38.6 Å². The number of aromatic carboxylic acids is 1. The van der Waals surface area contributed by atoms with E-state index in [-0.39, 0.29) is 17.0 Å². The van der Waals surface area contributed by atoms with Gasteiger partial charge in [0.1, 0.15) is 17.3 Å². The maximum Gasteiger partial charge on any atom is 0.353 e. The second-order valence-electron chi connectivity index (χ2n) is 5.29. The quantitative estimate of drug-likeness (QED) is 0.908. The SMILES string of the molecule is O=C(O)c1cc(C(=O)N2CCCC2c2cc(F)ccc2F)n[nH]1. The van der Waals surface area contributed by atoms with Crippen molar-refractivity contribution in [2.75, 3.05) is 6.54 Å². The molecule has 0 bridgehead atoms. The Morgan fingerprint density at radius 2 is 2.09 bits per heavy atom. The summed E-state index contributed by atoms with van der Waals surface area (Å²) >= 11 is 0. The molecule has 1 amide bonds. The Morgan fingerprint density at radius 1 is 1.30 bits per heavy atom. The van der Waals surface area contributed by atoms with Crippen LogP contribution in [0.25, 0.3) is 0 Å². The molecular weight excluding hydrogens is 308 g/mol. The third-order valence-corrected chi connectivity index (χ3v) is 3.86. The molecule has 1 aromatic carbocycles. The lowest BCUT2D eigenvalue weighted by Crippen LogP contribution is -2.31. The number of aromatic nitrogens is 2. The minimum absolute atomic E-state index is 0.0638. The molecular formula is C15H13F2N3O3. The van der Waals surface area contributed by atoms with E-state index in [1.165, 1.54) is 4.90 Å². The number of carbonyl (C=O) groups excluding carboxylic acids is 1. The van der Waals surface area contributed by atoms with Gasteiger partial charge in [0.15, 0.2) is 5.69 Å². The number of aromatic amines is 1. The molecule has 1 aromatic heterocycles. The number of amides is 1. The Morgan fingerprint density at radius 3 is 2.78 bits per heavy atom. The fraction of sp³-hybridized carbons (Fsp3) is 0.267. The molecule has 8 heteroatoms. The minimum atomic E-state index is -1.23. The smallest absolute Gasteiger partial charge is 0.353 e. The summed E-state index contributed by atoms with van der Waals surface area (Å²) < 4.78 is 27.4. The zero-order valence-electron chi connectivity index (χ0n) is 11.9. The van der Waals surface area contributed by atoms with E-state index in [0.29, 0.717) is 19.4 Å². The summed E-state index contributed by atoms with van der Waals surface area (Å²) in [6, 6.07) is 3.67. The van der Waals surface area contributed by atoms with Crippen molar-refractivity contribution in [3.05, 3.63) is 52.9 Å². The van der Waals surface area contributed by atoms with E-state index in [4.69, 9.17) is 5.11 Å². The van der Waals surface area contributed by atoms with Crippen LogP contribution in [0.15, 0.2) is 24.3 Å². The zero-order valence-corrected chi connectivity index (χ0v) is 11.9. The van der Waals surface area contributed by atoms with E-state index in [0.717, 1.165) is 24.3 Å². The predicted molar refractivity (Wildman–Crippen MR) is 74.9 cm³/mol. The second kappa shape index (κ2) is 5.79. The third-order valence-electron chi connectivity index (χ3n) is 3.86. The highest BCUT2D eigenvalue weighted by Crippen LogP contribution is 2.34. The molecule has 0 saturated carbocycles. The Kier molecular flexibility index (Phi) is 3.81. The van der Waals surface area contributed by atoms with Crippen LogP contribution in [0.4, 0.5) is 8.78 Å². The second-order valence-corrected chi connectivity index (χ2v) is 5.29. The number of rotatable bonds is 3. The number of likely N-dealkylation sites (tertiary alicyclic amines) is 1. The molecule has 2 N–H and O–H groups in total. The van der Waals surface area contributed by atoms with Crippen LogP contribution in [0.3, 0.4) is 0 Å². The van der Waals surface area contributed by atoms with Gasteiger partial charge in [0.2, 0.25) is 0 Å². The standard InChI is InChI=1S/C15H13F2N3O3/c16-8-3-4-10(17)9(6-8)13-2-1-5-20(13)14(21)11-7-12(15(22)23)19-18-11/h3-4,6-7,13H,1-2,5H2,(H,18,19)(H,22,23). The highest BCUT2D eigenvalue weighted by atomic mass is 19.1. The molecule has 1 unspecified atom stereocenters. The molecule has 1 aliphatic rings. The lowest BCUT2D eigenvalue weighted by Gasteiger charge is -2.24. The van der Waals surface area contributed by atoms with Crippen molar-refractivity contribution < 1.29 is 23.5 Å². The summed E-state index contributed by atoms with van der Waals surface area (Å²) in [5.74, 6) is -2.90. The first-order valence-corrected chi connectivity index (χ1v) is 7.02. The third kappa shape index (κ3) is 2.79. The number of H-pyrrole nitrogens is 1. The zero-order chi connectivity index (χ0) is 16.6. The molecule has 0 aliphatic carbocycles. The Balaban J connectivity index is 1.90. The highest BCUT2D eigenvalue weighted by Gasteiger charge is 2.33. The molecule has 23 heavy (non-hydrogen) atoms. The molecule has 1 aliphatic heterocycles. The number of nitrogens with one attached hydrogen (secondary N) is 1. The first-order chi connectivity index (χ1) is 11.0. The van der Waals surface area contributed by atoms with E-state index in [2.05, 4.69) is 10.2 Å². The summed E-state index contributed by atoms with van der Waals surface area (Å²) in [7, 11) is 0. The predicted octanol–water partition coefficient (Wildman–Crippen LogP) is 2.36. The van der Waals surface area contributed by atoms with Crippen molar-refractivity contribution in [3.8, 4) is 0 Å². The van der Waals surface area contributed by atoms with E-state index in [9.17, 15) is 18.4 Å². The summed E-state index contributed by atoms with van der Waals surface area (Å²) in [5.41, 5.74) is -0.156. The lowest BCUT2D eigenvalue weighted by atomic mass is 10.0. The van der Waals surface area contributed by atoms with Crippen LogP contribution < -0.4 is 0 Å². The van der Waals surface area contributed by atoms with Crippen molar-refractivity contribution in [2.45, 2.75) is 18.9 Å². The van der Waals surface area contributed by atoms with E-state index in [1.54, 1.807) is 0 Å². The van der Waals surface area contributed by atoms with Crippen molar-refractivity contribution in [1.82, 2.24) is 15.1 Å². The number of hydrogen-bond acceptors (Lipinski definition) is 3. The van der Waals surface area contributed by atoms with Crippen LogP contribution in [0.1, 0.15) is 45.4 Å². The molecule has 3 rings (SSSR count). The van der Waals surface area contributed by atoms with Crippen molar-refractivity contribution in [3.63, 3.8) is 0 Å². The van der Waals surface area contributed by atoms with Crippen molar-refractivity contribution in [1.29, 1.82) is 0 Å². The van der Waals surface area contributed by atoms with Crippen LogP contribution in [0.2, 0.25) is 0 Å². The minimum Gasteiger partial charge on any atom is -0.477 e. The molecule has 6 nitrogen and oxygen atoms in total. The van der Waals surface area contributed by atoms with Gasteiger partial charge in [0.05, 0.1) is 6.04 Å². The molecule has 1 fully saturated rings. The van der Waals surface area contributed by atoms with Gasteiger partial charge in [-0.05, 0) is 31.0 Å². The number of carboxylic acid groups (broad SMARTS) is 1. The monoisotopic (exact) mass is 321 g/mol. The number of carboxylic acids is 1. The van der Waals surface area contributed by atoms with Gasteiger partial charge >= 0.3 is 5.97 Å². The number of benzene rings is 1. The fourth-order valence-corrected chi connectivity index (χ4v) is 2.79. The molecule has 120 valence electrons. The van der Waals surface area contributed by atoms with Gasteiger partial charge < -0.3 is 10.0 Å². The van der Waals surface area contributed by atoms with Gasteiger partial charge in [-0.1, -0.05) is 0 Å². The maximum atomic E-state index is 14.0. The number of halogens is 2. The van der Waals surface area contributed by atoms with Gasteiger partial charge in [-0.15, -0.1) is 0 Å². The lowest BCUT2D eigenvalue weighted by molar-refractivity contribution is 0.0689. The Bertz CT molecular complexity index is 775. The molecule has 0 spiro atoms. The summed E-state index contributed by atoms with van der Waals surface area (Å²) in [6.45, 7) is 0.370. The van der Waals surface area contributed by atoms with Crippen LogP contribution in [-0.2, 0) is 0 Å². The first kappa shape index (κ1) is 15.1. The van der Waals surface area contributed by atoms with E-state index in [1.807, 2.05) is 0 Å². The van der Waals surface area contributed by atoms with Crippen LogP contribution in [0, 0.1) is 11.6 Å². The van der Waals surface area contributed by atoms with Gasteiger partial charge in [-0.3, -0.25) is 9.89 Å². The Hall–Kier alpha value is -2.77. The largest absolute Gasteiger partial charge is 0.477 e. The number of carbonyl (C=O) groups is 2. The van der Waals surface area contributed by atoms with Gasteiger partial charge in [-0.25, -0.2) is 13.6 Å². The van der Waals surface area contributed by atoms with Crippen LogP contribution >= 0.6 is 0 Å². The molecule has 1 atom stereocenters. The summed E-state index contributed by atoms with van der Waals surface area (Å²) in [5, 5.41) is 14.8. The van der Waals surface area contributed by atoms with E-state index < -0.39 is 29.6 Å². The van der Waals surface area contributed by atoms with Crippen LogP contribution in [0.5, 0.6) is 0 Å². The number of hydrogen-bond donors (Lipinski definition) is 2. The molecule has 2 aromatic rings. The van der Waals surface area contributed by atoms with Crippen molar-refractivity contribution in [2.24, 2.45) is 0 Å². The molecule has 2 heterocycles. The normalized spacial score (nSPS) is 17.5. The number of nitrogens with zero attached hydrogens (tertiary/aromatic N) is 2. The fourth-order valence-electron chi connectivity index (χ4n) is 2.79. The topological polar surface area (TPSA) is 86.3 Å². The van der Waals surface area contributed by atoms with Gasteiger partial charge in [0.25, 0.3) is 5.91 Å². The average molecular weight is 321 g/mol. The van der Waals surface area contributed by atoms with Gasteiger partial charge in [-0.2, -0.15) is 5.10 Å². The van der Waals surface area contributed by atoms with E-state index >= 15 is 0 Å². The highest BCUT2D eigenvalue weighted by molar-refractivity contribution is 5.95. The maximum absolute atomic E-state index is 14.0. The van der Waals surface area contributed by atoms with Crippen molar-refractivity contribution >= 4 is 11.9 Å². The Labute approximate surface area is 129 Å². The first-order valence-electron chi connectivity index (χ1n) is 7.02.